The van der Waals surface area contributed by atoms with Crippen molar-refractivity contribution in [3.8, 4) is 5.75 Å². The zero-order valence-corrected chi connectivity index (χ0v) is 16.0. The molecule has 0 unspecified atom stereocenters. The minimum Gasteiger partial charge on any atom is -0.507 e. The van der Waals surface area contributed by atoms with Gasteiger partial charge in [0.25, 0.3) is 0 Å². The highest BCUT2D eigenvalue weighted by molar-refractivity contribution is 5.89. The predicted molar refractivity (Wildman–Crippen MR) is 109 cm³/mol. The van der Waals surface area contributed by atoms with Crippen LogP contribution in [0.5, 0.6) is 5.75 Å². The van der Waals surface area contributed by atoms with Gasteiger partial charge in [-0.25, -0.2) is 4.79 Å². The van der Waals surface area contributed by atoms with Crippen LogP contribution in [0.4, 0.5) is 23.7 Å². The van der Waals surface area contributed by atoms with E-state index >= 15 is 0 Å². The van der Waals surface area contributed by atoms with Gasteiger partial charge < -0.3 is 15.7 Å². The summed E-state index contributed by atoms with van der Waals surface area (Å²) >= 11 is 0. The van der Waals surface area contributed by atoms with Gasteiger partial charge in [0.2, 0.25) is 0 Å². The number of alkyl halides is 3. The molecule has 3 aromatic carbocycles. The third-order valence-electron chi connectivity index (χ3n) is 4.68. The highest BCUT2D eigenvalue weighted by Crippen LogP contribution is 2.37. The molecule has 0 saturated carbocycles. The third kappa shape index (κ3) is 5.53. The van der Waals surface area contributed by atoms with Crippen LogP contribution < -0.4 is 10.6 Å². The summed E-state index contributed by atoms with van der Waals surface area (Å²) in [5.74, 6) is -0.819. The van der Waals surface area contributed by atoms with Gasteiger partial charge in [-0.3, -0.25) is 0 Å². The molecule has 0 heterocycles. The second kappa shape index (κ2) is 9.35. The summed E-state index contributed by atoms with van der Waals surface area (Å²) in [6.45, 7) is 0.324. The maximum atomic E-state index is 12.9. The number of rotatable bonds is 6. The number of nitrogens with one attached hydrogen (secondary N) is 2. The molecule has 7 heteroatoms. The number of carbonyl (C=O) groups is 1. The molecule has 0 saturated heterocycles. The third-order valence-corrected chi connectivity index (χ3v) is 4.68. The predicted octanol–water partition coefficient (Wildman–Crippen LogP) is 5.75. The normalized spacial score (nSPS) is 11.3. The minimum atomic E-state index is -4.71. The van der Waals surface area contributed by atoms with E-state index in [0.717, 1.165) is 17.2 Å². The summed E-state index contributed by atoms with van der Waals surface area (Å²) in [7, 11) is 0. The smallest absolute Gasteiger partial charge is 0.420 e. The number of anilines is 1. The van der Waals surface area contributed by atoms with Crippen molar-refractivity contribution in [1.82, 2.24) is 5.32 Å². The van der Waals surface area contributed by atoms with Crippen molar-refractivity contribution in [3.05, 3.63) is 95.6 Å². The van der Waals surface area contributed by atoms with E-state index in [1.165, 1.54) is 6.07 Å². The molecule has 4 nitrogen and oxygen atoms in total. The van der Waals surface area contributed by atoms with Crippen molar-refractivity contribution in [2.75, 3.05) is 11.9 Å². The first-order chi connectivity index (χ1) is 14.3. The van der Waals surface area contributed by atoms with Crippen LogP contribution in [-0.2, 0) is 6.18 Å². The Balaban J connectivity index is 1.63. The molecule has 0 spiro atoms. The van der Waals surface area contributed by atoms with Gasteiger partial charge in [-0.2, -0.15) is 13.2 Å². The molecule has 3 rings (SSSR count). The number of carbonyl (C=O) groups excluding carboxylic acids is 1. The Morgan fingerprint density at radius 2 is 1.47 bits per heavy atom. The molecule has 3 N–H and O–H groups in total. The van der Waals surface area contributed by atoms with E-state index in [2.05, 4.69) is 10.6 Å². The number of amides is 2. The lowest BCUT2D eigenvalue weighted by molar-refractivity contribution is -0.138. The summed E-state index contributed by atoms with van der Waals surface area (Å²) in [6, 6.07) is 22.0. The van der Waals surface area contributed by atoms with Gasteiger partial charge in [0.15, 0.2) is 0 Å². The van der Waals surface area contributed by atoms with Crippen LogP contribution in [0.15, 0.2) is 78.9 Å². The van der Waals surface area contributed by atoms with E-state index in [0.29, 0.717) is 19.0 Å². The lowest BCUT2D eigenvalue weighted by Crippen LogP contribution is -2.30. The number of hydrogen-bond donors (Lipinski definition) is 3. The molecular formula is C23H21F3N2O2. The van der Waals surface area contributed by atoms with E-state index in [-0.39, 0.29) is 11.6 Å². The first kappa shape index (κ1) is 21.2. The zero-order valence-electron chi connectivity index (χ0n) is 16.0. The van der Waals surface area contributed by atoms with Gasteiger partial charge in [0, 0.05) is 18.2 Å². The molecule has 2 amide bonds. The summed E-state index contributed by atoms with van der Waals surface area (Å²) in [5.41, 5.74) is 0.965. The Morgan fingerprint density at radius 3 is 2.00 bits per heavy atom. The molecule has 0 atom stereocenters. The van der Waals surface area contributed by atoms with E-state index in [1.807, 2.05) is 60.7 Å². The monoisotopic (exact) mass is 414 g/mol. The van der Waals surface area contributed by atoms with Crippen LogP contribution in [0.3, 0.4) is 0 Å². The maximum absolute atomic E-state index is 12.9. The number of urea groups is 1. The fraction of sp³-hybridized carbons (Fsp3) is 0.174. The molecule has 0 radical (unpaired) electrons. The largest absolute Gasteiger partial charge is 0.507 e. The number of phenolic OH excluding ortho intramolecular Hbond substituents is 1. The van der Waals surface area contributed by atoms with Crippen molar-refractivity contribution in [2.45, 2.75) is 18.5 Å². The summed E-state index contributed by atoms with van der Waals surface area (Å²) in [5, 5.41) is 14.4. The average Bonchev–Trinajstić information content (AvgIpc) is 2.73. The topological polar surface area (TPSA) is 61.4 Å². The molecule has 0 bridgehead atoms. The SMILES string of the molecule is O=C(NCCC(c1ccccc1)c1ccccc1)Nc1ccc(O)c(C(F)(F)F)c1. The van der Waals surface area contributed by atoms with Crippen molar-refractivity contribution in [2.24, 2.45) is 0 Å². The van der Waals surface area contributed by atoms with Crippen molar-refractivity contribution in [3.63, 3.8) is 0 Å². The Kier molecular flexibility index (Phi) is 6.61. The molecule has 0 aliphatic rings. The second-order valence-electron chi connectivity index (χ2n) is 6.77. The number of benzene rings is 3. The van der Waals surface area contributed by atoms with E-state index in [4.69, 9.17) is 0 Å². The van der Waals surface area contributed by atoms with Gasteiger partial charge >= 0.3 is 12.2 Å². The van der Waals surface area contributed by atoms with Gasteiger partial charge in [-0.05, 0) is 35.7 Å². The van der Waals surface area contributed by atoms with Crippen molar-refractivity contribution in [1.29, 1.82) is 0 Å². The first-order valence-electron chi connectivity index (χ1n) is 9.39. The number of aromatic hydroxyl groups is 1. The molecule has 0 aromatic heterocycles. The average molecular weight is 414 g/mol. The molecule has 0 aliphatic carbocycles. The molecule has 30 heavy (non-hydrogen) atoms. The lowest BCUT2D eigenvalue weighted by atomic mass is 9.88. The maximum Gasteiger partial charge on any atom is 0.420 e. The quantitative estimate of drug-likeness (QED) is 0.450. The molecule has 3 aromatic rings. The van der Waals surface area contributed by atoms with E-state index in [1.54, 1.807) is 0 Å². The fourth-order valence-electron chi connectivity index (χ4n) is 3.24. The van der Waals surface area contributed by atoms with Gasteiger partial charge in [-0.15, -0.1) is 0 Å². The Hall–Kier alpha value is -3.48. The van der Waals surface area contributed by atoms with Gasteiger partial charge in [0.05, 0.1) is 5.56 Å². The second-order valence-corrected chi connectivity index (χ2v) is 6.77. The van der Waals surface area contributed by atoms with Crippen LogP contribution in [0.25, 0.3) is 0 Å². The summed E-state index contributed by atoms with van der Waals surface area (Å²) < 4.78 is 38.7. The van der Waals surface area contributed by atoms with Crippen LogP contribution in [0.1, 0.15) is 29.0 Å². The molecule has 156 valence electrons. The highest BCUT2D eigenvalue weighted by Gasteiger charge is 2.34. The van der Waals surface area contributed by atoms with E-state index < -0.39 is 23.5 Å². The van der Waals surface area contributed by atoms with Crippen LogP contribution in [0, 0.1) is 0 Å². The van der Waals surface area contributed by atoms with Crippen LogP contribution in [0.2, 0.25) is 0 Å². The van der Waals surface area contributed by atoms with Gasteiger partial charge in [0.1, 0.15) is 5.75 Å². The van der Waals surface area contributed by atoms with Crippen LogP contribution in [-0.4, -0.2) is 17.7 Å². The Labute approximate surface area is 172 Å². The standard InChI is InChI=1S/C23H21F3N2O2/c24-23(25,26)20-15-18(11-12-21(20)29)28-22(30)27-14-13-19(16-7-3-1-4-8-16)17-9-5-2-6-10-17/h1-12,15,19,29H,13-14H2,(H2,27,28,30). The molecule has 0 aliphatic heterocycles. The van der Waals surface area contributed by atoms with Crippen molar-refractivity contribution < 1.29 is 23.1 Å². The summed E-state index contributed by atoms with van der Waals surface area (Å²) in [4.78, 5) is 12.1. The highest BCUT2D eigenvalue weighted by atomic mass is 19.4. The first-order valence-corrected chi connectivity index (χ1v) is 9.39. The number of halogens is 3. The fourth-order valence-corrected chi connectivity index (χ4v) is 3.24. The number of phenols is 1. The lowest BCUT2D eigenvalue weighted by Gasteiger charge is -2.18. The Bertz CT molecular complexity index is 937. The van der Waals surface area contributed by atoms with Crippen LogP contribution >= 0.6 is 0 Å². The minimum absolute atomic E-state index is 0.0553. The summed E-state index contributed by atoms with van der Waals surface area (Å²) in [6.07, 6.45) is -4.10. The number of hydrogen-bond acceptors (Lipinski definition) is 2. The van der Waals surface area contributed by atoms with E-state index in [9.17, 15) is 23.1 Å². The molecule has 0 fully saturated rings. The molecular weight excluding hydrogens is 393 g/mol. The zero-order chi connectivity index (χ0) is 21.6. The van der Waals surface area contributed by atoms with Crippen molar-refractivity contribution >= 4 is 11.7 Å². The van der Waals surface area contributed by atoms with Gasteiger partial charge in [-0.1, -0.05) is 60.7 Å². The Morgan fingerprint density at radius 1 is 0.900 bits per heavy atom.